The van der Waals surface area contributed by atoms with Crippen LogP contribution in [0.2, 0.25) is 0 Å². The molecule has 2 aromatic rings. The minimum atomic E-state index is -0.932. The zero-order valence-corrected chi connectivity index (χ0v) is 10.6. The van der Waals surface area contributed by atoms with Gasteiger partial charge in [0, 0.05) is 0 Å². The number of aromatic nitrogens is 4. The lowest BCUT2D eigenvalue weighted by Crippen LogP contribution is -2.28. The number of nitrogens with one attached hydrogen (secondary N) is 1. The number of thiol groups is 1. The number of rotatable bonds is 2. The highest BCUT2D eigenvalue weighted by Crippen LogP contribution is 2.33. The van der Waals surface area contributed by atoms with E-state index in [-0.39, 0.29) is 17.7 Å². The van der Waals surface area contributed by atoms with Crippen molar-refractivity contribution < 1.29 is 14.9 Å². The summed E-state index contributed by atoms with van der Waals surface area (Å²) in [7, 11) is 0. The topological polar surface area (TPSA) is 113 Å². The van der Waals surface area contributed by atoms with E-state index in [0.717, 1.165) is 0 Å². The fourth-order valence-corrected chi connectivity index (χ4v) is 2.47. The molecule has 19 heavy (non-hydrogen) atoms. The van der Waals surface area contributed by atoms with Crippen molar-refractivity contribution >= 4 is 23.8 Å². The second kappa shape index (κ2) is 4.60. The molecule has 0 aliphatic carbocycles. The summed E-state index contributed by atoms with van der Waals surface area (Å²) in [6.45, 7) is -0.248. The van der Waals surface area contributed by atoms with Crippen LogP contribution in [-0.4, -0.2) is 53.8 Å². The van der Waals surface area contributed by atoms with E-state index in [1.54, 1.807) is 0 Å². The van der Waals surface area contributed by atoms with Crippen LogP contribution in [0.3, 0.4) is 0 Å². The average Bonchev–Trinajstić information content (AvgIpc) is 2.94. The largest absolute Gasteiger partial charge is 0.394 e. The summed E-state index contributed by atoms with van der Waals surface area (Å²) in [6, 6.07) is 0. The summed E-state index contributed by atoms with van der Waals surface area (Å²) in [6.07, 6.45) is 0.341. The third-order valence-corrected chi connectivity index (χ3v) is 3.79. The van der Waals surface area contributed by atoms with Gasteiger partial charge in [-0.15, -0.1) is 0 Å². The minimum Gasteiger partial charge on any atom is -0.394 e. The first-order valence-electron chi connectivity index (χ1n) is 5.66. The van der Waals surface area contributed by atoms with E-state index >= 15 is 0 Å². The van der Waals surface area contributed by atoms with E-state index in [4.69, 9.17) is 9.84 Å². The monoisotopic (exact) mass is 284 g/mol. The van der Waals surface area contributed by atoms with Gasteiger partial charge in [-0.25, -0.2) is 9.97 Å². The summed E-state index contributed by atoms with van der Waals surface area (Å²) in [4.78, 5) is 21.9. The number of aromatic amines is 1. The van der Waals surface area contributed by atoms with E-state index < -0.39 is 23.7 Å². The number of fused-ring (bicyclic) bond motifs is 1. The molecule has 0 bridgehead atoms. The first-order chi connectivity index (χ1) is 9.13. The van der Waals surface area contributed by atoms with Crippen LogP contribution in [0.25, 0.3) is 11.2 Å². The Hall–Kier alpha value is -1.42. The van der Waals surface area contributed by atoms with Crippen LogP contribution >= 0.6 is 12.6 Å². The van der Waals surface area contributed by atoms with Crippen molar-refractivity contribution in [3.8, 4) is 0 Å². The minimum absolute atomic E-state index is 0.168. The normalized spacial score (nSPS) is 31.1. The lowest BCUT2D eigenvalue weighted by molar-refractivity contribution is -0.0486. The smallest absolute Gasteiger partial charge is 0.278 e. The first-order valence-corrected chi connectivity index (χ1v) is 6.18. The molecule has 1 aliphatic heterocycles. The highest BCUT2D eigenvalue weighted by Gasteiger charge is 2.42. The van der Waals surface area contributed by atoms with Crippen LogP contribution < -0.4 is 5.56 Å². The van der Waals surface area contributed by atoms with Gasteiger partial charge in [-0.2, -0.15) is 12.6 Å². The molecule has 3 heterocycles. The van der Waals surface area contributed by atoms with Gasteiger partial charge in [0.1, 0.15) is 6.10 Å². The number of aliphatic hydroxyl groups is 2. The summed E-state index contributed by atoms with van der Waals surface area (Å²) < 4.78 is 6.99. The fraction of sp³-hybridized carbons (Fsp3) is 0.500. The molecule has 102 valence electrons. The summed E-state index contributed by atoms with van der Waals surface area (Å²) in [5.41, 5.74) is 0.116. The van der Waals surface area contributed by atoms with Gasteiger partial charge in [0.15, 0.2) is 17.4 Å². The standard InChI is InChI=1S/C10H12N4O4S/c15-1-4-7(19)6(16)10(18-4)14-3-13-5-8(14)11-2-12-9(5)17/h2-4,6-7,10,15-16,19H,1H2,(H,11,12,17)/t4-,6-,7-,10-/m1/s1. The Balaban J connectivity index is 2.06. The Labute approximate surface area is 112 Å². The Bertz CT molecular complexity index is 656. The molecule has 0 radical (unpaired) electrons. The second-order valence-corrected chi connectivity index (χ2v) is 4.88. The van der Waals surface area contributed by atoms with E-state index in [2.05, 4.69) is 27.6 Å². The predicted molar refractivity (Wildman–Crippen MR) is 67.9 cm³/mol. The highest BCUT2D eigenvalue weighted by molar-refractivity contribution is 7.81. The molecule has 0 aromatic carbocycles. The highest BCUT2D eigenvalue weighted by atomic mass is 32.1. The zero-order valence-electron chi connectivity index (χ0n) is 9.67. The number of hydrogen-bond acceptors (Lipinski definition) is 7. The van der Waals surface area contributed by atoms with E-state index in [9.17, 15) is 9.90 Å². The molecule has 0 unspecified atom stereocenters. The Morgan fingerprint density at radius 3 is 3.00 bits per heavy atom. The Morgan fingerprint density at radius 2 is 2.32 bits per heavy atom. The van der Waals surface area contributed by atoms with Crippen molar-refractivity contribution in [2.75, 3.05) is 6.61 Å². The summed E-state index contributed by atoms with van der Waals surface area (Å²) in [5, 5.41) is 18.7. The van der Waals surface area contributed by atoms with Gasteiger partial charge >= 0.3 is 0 Å². The number of ether oxygens (including phenoxy) is 1. The first kappa shape index (κ1) is 12.6. The van der Waals surface area contributed by atoms with Gasteiger partial charge in [0.25, 0.3) is 5.56 Å². The van der Waals surface area contributed by atoms with Gasteiger partial charge < -0.3 is 19.9 Å². The lowest BCUT2D eigenvalue weighted by atomic mass is 10.2. The maximum Gasteiger partial charge on any atom is 0.278 e. The van der Waals surface area contributed by atoms with Gasteiger partial charge in [-0.1, -0.05) is 0 Å². The predicted octanol–water partition coefficient (Wildman–Crippen LogP) is -1.33. The van der Waals surface area contributed by atoms with Crippen LogP contribution in [0.4, 0.5) is 0 Å². The second-order valence-electron chi connectivity index (χ2n) is 4.28. The molecule has 1 aliphatic rings. The van der Waals surface area contributed by atoms with Crippen LogP contribution in [0.5, 0.6) is 0 Å². The molecule has 1 saturated heterocycles. The molecule has 0 saturated carbocycles. The van der Waals surface area contributed by atoms with Crippen molar-refractivity contribution in [2.45, 2.75) is 23.7 Å². The van der Waals surface area contributed by atoms with Crippen molar-refractivity contribution in [3.63, 3.8) is 0 Å². The number of hydrogen-bond donors (Lipinski definition) is 4. The third-order valence-electron chi connectivity index (χ3n) is 3.16. The number of nitrogens with zero attached hydrogens (tertiary/aromatic N) is 3. The SMILES string of the molecule is O=c1[nH]cnc2c1ncn2[C@@H]1O[C@H](CO)[C@@H](S)[C@H]1O. The van der Waals surface area contributed by atoms with Gasteiger partial charge in [-0.05, 0) is 0 Å². The quantitative estimate of drug-likeness (QED) is 0.508. The number of imidazole rings is 1. The van der Waals surface area contributed by atoms with Crippen LogP contribution in [0, 0.1) is 0 Å². The zero-order chi connectivity index (χ0) is 13.6. The maximum absolute atomic E-state index is 11.5. The Kier molecular flexibility index (Phi) is 3.05. The summed E-state index contributed by atoms with van der Waals surface area (Å²) >= 11 is 4.21. The molecule has 2 aromatic heterocycles. The van der Waals surface area contributed by atoms with Crippen molar-refractivity contribution in [3.05, 3.63) is 23.0 Å². The molecular weight excluding hydrogens is 272 g/mol. The molecule has 9 heteroatoms. The summed E-state index contributed by atoms with van der Waals surface area (Å²) in [5.74, 6) is 0. The Morgan fingerprint density at radius 1 is 1.53 bits per heavy atom. The van der Waals surface area contributed by atoms with Gasteiger partial charge in [-0.3, -0.25) is 9.36 Å². The molecule has 3 rings (SSSR count). The number of aliphatic hydroxyl groups excluding tert-OH is 2. The molecule has 0 amide bonds. The molecular formula is C10H12N4O4S. The van der Waals surface area contributed by atoms with Gasteiger partial charge in [0.05, 0.1) is 30.6 Å². The third kappa shape index (κ3) is 1.86. The van der Waals surface area contributed by atoms with Crippen molar-refractivity contribution in [1.29, 1.82) is 0 Å². The fourth-order valence-electron chi connectivity index (χ4n) is 2.16. The van der Waals surface area contributed by atoms with Crippen molar-refractivity contribution in [1.82, 2.24) is 19.5 Å². The molecule has 4 atom stereocenters. The lowest BCUT2D eigenvalue weighted by Gasteiger charge is -2.16. The van der Waals surface area contributed by atoms with Crippen molar-refractivity contribution in [2.24, 2.45) is 0 Å². The average molecular weight is 284 g/mol. The van der Waals surface area contributed by atoms with Gasteiger partial charge in [0.2, 0.25) is 0 Å². The molecule has 1 fully saturated rings. The van der Waals surface area contributed by atoms with Crippen LogP contribution in [0.15, 0.2) is 17.4 Å². The molecule has 3 N–H and O–H groups in total. The number of H-pyrrole nitrogens is 1. The van der Waals surface area contributed by atoms with Crippen LogP contribution in [-0.2, 0) is 4.74 Å². The van der Waals surface area contributed by atoms with Crippen LogP contribution in [0.1, 0.15) is 6.23 Å². The molecule has 8 nitrogen and oxygen atoms in total. The van der Waals surface area contributed by atoms with E-state index in [1.165, 1.54) is 17.2 Å². The molecule has 0 spiro atoms. The van der Waals surface area contributed by atoms with E-state index in [0.29, 0.717) is 5.65 Å². The maximum atomic E-state index is 11.5. The van der Waals surface area contributed by atoms with E-state index in [1.807, 2.05) is 0 Å².